The van der Waals surface area contributed by atoms with E-state index in [1.54, 1.807) is 13.8 Å². The van der Waals surface area contributed by atoms with Crippen molar-refractivity contribution in [1.29, 1.82) is 0 Å². The molecule has 0 aromatic carbocycles. The van der Waals surface area contributed by atoms with Crippen LogP contribution in [0.5, 0.6) is 0 Å². The average Bonchev–Trinajstić information content (AvgIpc) is 3.26. The van der Waals surface area contributed by atoms with E-state index in [4.69, 9.17) is 18.9 Å². The molecule has 2 saturated heterocycles. The Morgan fingerprint density at radius 3 is 2.44 bits per heavy atom. The van der Waals surface area contributed by atoms with Crippen molar-refractivity contribution in [3.63, 3.8) is 0 Å². The van der Waals surface area contributed by atoms with E-state index in [-0.39, 0.29) is 31.7 Å². The summed E-state index contributed by atoms with van der Waals surface area (Å²) in [4.78, 5) is 52.2. The Kier molecular flexibility index (Phi) is 8.91. The molecule has 5 atom stereocenters. The Morgan fingerprint density at radius 2 is 1.81 bits per heavy atom. The van der Waals surface area contributed by atoms with Gasteiger partial charge in [0.1, 0.15) is 12.7 Å². The van der Waals surface area contributed by atoms with E-state index in [9.17, 15) is 34.9 Å². The first-order valence-corrected chi connectivity index (χ1v) is 9.82. The van der Waals surface area contributed by atoms with Gasteiger partial charge in [0.2, 0.25) is 0 Å². The van der Waals surface area contributed by atoms with Gasteiger partial charge in [-0.1, -0.05) is 0 Å². The van der Waals surface area contributed by atoms with Crippen LogP contribution in [0.15, 0.2) is 0 Å². The quantitative estimate of drug-likeness (QED) is 0.156. The highest BCUT2D eigenvalue weighted by Gasteiger charge is 2.51. The summed E-state index contributed by atoms with van der Waals surface area (Å²) in [6.07, 6.45) is -2.69. The van der Waals surface area contributed by atoms with Crippen LogP contribution in [0.1, 0.15) is 26.7 Å². The molecule has 2 aliphatic rings. The maximum absolute atomic E-state index is 12.1. The van der Waals surface area contributed by atoms with Crippen molar-refractivity contribution < 1.29 is 53.5 Å². The second-order valence-corrected chi connectivity index (χ2v) is 8.07. The van der Waals surface area contributed by atoms with Gasteiger partial charge in [-0.15, -0.1) is 20.2 Å². The Hall–Kier alpha value is -2.78. The first-order valence-electron chi connectivity index (χ1n) is 9.82. The first kappa shape index (κ1) is 25.5. The van der Waals surface area contributed by atoms with Gasteiger partial charge >= 0.3 is 11.9 Å². The molecule has 0 aromatic rings. The van der Waals surface area contributed by atoms with Gasteiger partial charge in [-0.05, 0) is 20.3 Å². The maximum Gasteiger partial charge on any atom is 0.309 e. The van der Waals surface area contributed by atoms with E-state index >= 15 is 0 Å². The lowest BCUT2D eigenvalue weighted by atomic mass is 9.81. The van der Waals surface area contributed by atoms with Gasteiger partial charge in [0.15, 0.2) is 12.2 Å². The fourth-order valence-corrected chi connectivity index (χ4v) is 3.53. The van der Waals surface area contributed by atoms with Gasteiger partial charge in [0, 0.05) is 5.92 Å². The Balaban J connectivity index is 1.72. The zero-order chi connectivity index (χ0) is 23.9. The lowest BCUT2D eigenvalue weighted by Gasteiger charge is -2.25. The normalized spacial score (nSPS) is 25.6. The molecule has 2 fully saturated rings. The zero-order valence-electron chi connectivity index (χ0n) is 17.6. The van der Waals surface area contributed by atoms with Crippen molar-refractivity contribution in [2.45, 2.75) is 51.1 Å². The molecule has 2 aliphatic heterocycles. The van der Waals surface area contributed by atoms with Gasteiger partial charge in [-0.2, -0.15) is 0 Å². The van der Waals surface area contributed by atoms with Gasteiger partial charge in [-0.3, -0.25) is 9.59 Å². The number of carboxylic acids is 1. The molecule has 0 radical (unpaired) electrons. The van der Waals surface area contributed by atoms with Crippen LogP contribution in [-0.2, 0) is 38.2 Å². The molecule has 0 aromatic heterocycles. The van der Waals surface area contributed by atoms with Gasteiger partial charge < -0.3 is 33.7 Å². The highest BCUT2D eigenvalue weighted by Crippen LogP contribution is 2.39. The third-order valence-electron chi connectivity index (χ3n) is 5.10. The van der Waals surface area contributed by atoms with Crippen molar-refractivity contribution in [2.24, 2.45) is 11.3 Å². The Labute approximate surface area is 182 Å². The number of hydrogen-bond acceptors (Lipinski definition) is 12. The predicted octanol–water partition coefficient (Wildman–Crippen LogP) is 0.00480. The Bertz CT molecular complexity index is 700. The number of fused-ring (bicyclic) bond motifs is 1. The van der Waals surface area contributed by atoms with Crippen LogP contribution < -0.4 is 0 Å². The number of rotatable bonds is 14. The van der Waals surface area contributed by atoms with Crippen molar-refractivity contribution in [3.8, 4) is 0 Å². The lowest BCUT2D eigenvalue weighted by molar-refractivity contribution is -0.790. The predicted molar refractivity (Wildman–Crippen MR) is 99.1 cm³/mol. The van der Waals surface area contributed by atoms with E-state index in [2.05, 4.69) is 9.68 Å². The number of nitrogens with zero attached hydrogens (tertiary/aromatic N) is 2. The SMILES string of the molecule is CC(C)(C[C@@H]1CO[C@@H]2[C@@H]1OC[C@H]2OC(=O)CCOCC(CO[N+](=O)[O-])O[N+](=O)[O-])C(=O)O. The minimum atomic E-state index is -1.34. The molecule has 0 aliphatic carbocycles. The number of carbonyl (C=O) groups excluding carboxylic acids is 1. The fraction of sp³-hybridized carbons (Fsp3) is 0.882. The number of esters is 1. The molecule has 182 valence electrons. The summed E-state index contributed by atoms with van der Waals surface area (Å²) in [5.41, 5.74) is -0.945. The second-order valence-electron chi connectivity index (χ2n) is 8.07. The second kappa shape index (κ2) is 11.2. The molecule has 0 amide bonds. The standard InChI is InChI=1S/C17H26N2O13/c1-17(2,16(21)22)5-10-6-28-15-12(9-29-14(10)15)31-13(20)3-4-27-7-11(32-19(25)26)8-30-18(23)24/h10-12,14-15H,3-9H2,1-2H3,(H,21,22)/t10-,11?,12-,14-,15+/m1/s1. The van der Waals surface area contributed by atoms with Crippen LogP contribution in [-0.4, -0.2) is 84.7 Å². The van der Waals surface area contributed by atoms with Gasteiger partial charge in [0.25, 0.3) is 10.2 Å². The minimum absolute atomic E-state index is 0.114. The summed E-state index contributed by atoms with van der Waals surface area (Å²) in [6, 6.07) is 0. The largest absolute Gasteiger partial charge is 0.481 e. The highest BCUT2D eigenvalue weighted by atomic mass is 17.0. The molecule has 32 heavy (non-hydrogen) atoms. The molecular formula is C17H26N2O13. The number of hydrogen-bond donors (Lipinski definition) is 1. The third-order valence-corrected chi connectivity index (χ3v) is 5.10. The fourth-order valence-electron chi connectivity index (χ4n) is 3.53. The molecule has 0 spiro atoms. The molecule has 2 rings (SSSR count). The van der Waals surface area contributed by atoms with Crippen LogP contribution in [0.3, 0.4) is 0 Å². The van der Waals surface area contributed by atoms with E-state index in [1.807, 2.05) is 0 Å². The minimum Gasteiger partial charge on any atom is -0.481 e. The van der Waals surface area contributed by atoms with E-state index in [0.29, 0.717) is 13.0 Å². The molecule has 0 bridgehead atoms. The van der Waals surface area contributed by atoms with Crippen LogP contribution in [0, 0.1) is 31.6 Å². The third kappa shape index (κ3) is 7.42. The van der Waals surface area contributed by atoms with Gasteiger partial charge in [0.05, 0.1) is 44.4 Å². The highest BCUT2D eigenvalue weighted by molar-refractivity contribution is 5.73. The van der Waals surface area contributed by atoms with Crippen molar-refractivity contribution in [1.82, 2.24) is 0 Å². The molecule has 0 saturated carbocycles. The number of aliphatic carboxylic acids is 1. The molecule has 1 unspecified atom stereocenters. The summed E-state index contributed by atoms with van der Waals surface area (Å²) in [5, 5.41) is 27.6. The maximum atomic E-state index is 12.1. The lowest BCUT2D eigenvalue weighted by Crippen LogP contribution is -2.35. The Morgan fingerprint density at radius 1 is 1.12 bits per heavy atom. The van der Waals surface area contributed by atoms with Gasteiger partial charge in [-0.25, -0.2) is 0 Å². The summed E-state index contributed by atoms with van der Waals surface area (Å²) >= 11 is 0. The molecule has 15 heteroatoms. The first-order chi connectivity index (χ1) is 15.0. The molecule has 2 heterocycles. The molecule has 1 N–H and O–H groups in total. The number of carboxylic acid groups (broad SMARTS) is 1. The monoisotopic (exact) mass is 466 g/mol. The van der Waals surface area contributed by atoms with Crippen molar-refractivity contribution >= 4 is 11.9 Å². The average molecular weight is 466 g/mol. The summed E-state index contributed by atoms with van der Waals surface area (Å²) in [6.45, 7) is 2.37. The van der Waals surface area contributed by atoms with E-state index in [1.165, 1.54) is 0 Å². The van der Waals surface area contributed by atoms with Crippen LogP contribution >= 0.6 is 0 Å². The summed E-state index contributed by atoms with van der Waals surface area (Å²) < 4.78 is 21.8. The van der Waals surface area contributed by atoms with Crippen molar-refractivity contribution in [2.75, 3.05) is 33.0 Å². The zero-order valence-corrected chi connectivity index (χ0v) is 17.6. The smallest absolute Gasteiger partial charge is 0.309 e. The van der Waals surface area contributed by atoms with E-state index in [0.717, 1.165) is 0 Å². The number of carbonyl (C=O) groups is 2. The van der Waals surface area contributed by atoms with E-state index < -0.39 is 59.1 Å². The summed E-state index contributed by atoms with van der Waals surface area (Å²) in [7, 11) is 0. The molecule has 15 nitrogen and oxygen atoms in total. The van der Waals surface area contributed by atoms with Crippen LogP contribution in [0.25, 0.3) is 0 Å². The van der Waals surface area contributed by atoms with Crippen molar-refractivity contribution in [3.05, 3.63) is 20.2 Å². The van der Waals surface area contributed by atoms with Crippen LogP contribution in [0.4, 0.5) is 0 Å². The summed E-state index contributed by atoms with van der Waals surface area (Å²) in [5.74, 6) is -1.68. The topological polar surface area (TPSA) is 196 Å². The van der Waals surface area contributed by atoms with Crippen LogP contribution in [0.2, 0.25) is 0 Å². The number of ether oxygens (including phenoxy) is 4. The molecular weight excluding hydrogens is 440 g/mol.